The standard InChI is InChI=1S/C9H13FN4OS/c10-7-2-1-3-14(4-7)5-8(15)12-9-13-11-6-16-9/h6-7H,1-5H2,(H,12,13,15). The summed E-state index contributed by atoms with van der Waals surface area (Å²) in [5.74, 6) is -0.161. The Morgan fingerprint density at radius 3 is 3.31 bits per heavy atom. The molecule has 0 bridgehead atoms. The van der Waals surface area contributed by atoms with E-state index in [2.05, 4.69) is 15.5 Å². The van der Waals surface area contributed by atoms with Crippen molar-refractivity contribution in [2.24, 2.45) is 0 Å². The zero-order valence-corrected chi connectivity index (χ0v) is 9.54. The van der Waals surface area contributed by atoms with E-state index in [1.54, 1.807) is 5.51 Å². The van der Waals surface area contributed by atoms with Gasteiger partial charge in [0, 0.05) is 6.54 Å². The molecule has 1 aromatic rings. The van der Waals surface area contributed by atoms with Crippen LogP contribution < -0.4 is 5.32 Å². The Balaban J connectivity index is 1.78. The lowest BCUT2D eigenvalue weighted by Crippen LogP contribution is -2.41. The number of anilines is 1. The Morgan fingerprint density at radius 1 is 1.75 bits per heavy atom. The Hall–Kier alpha value is -1.08. The second-order valence-corrected chi connectivity index (χ2v) is 4.60. The number of carbonyl (C=O) groups excluding carboxylic acids is 1. The number of aromatic nitrogens is 2. The van der Waals surface area contributed by atoms with Crippen molar-refractivity contribution in [1.82, 2.24) is 15.1 Å². The fraction of sp³-hybridized carbons (Fsp3) is 0.667. The maximum Gasteiger partial charge on any atom is 0.240 e. The summed E-state index contributed by atoms with van der Waals surface area (Å²) >= 11 is 1.27. The zero-order chi connectivity index (χ0) is 11.4. The minimum absolute atomic E-state index is 0.161. The van der Waals surface area contributed by atoms with Gasteiger partial charge in [0.15, 0.2) is 0 Å². The number of piperidine rings is 1. The van der Waals surface area contributed by atoms with Gasteiger partial charge >= 0.3 is 0 Å². The molecule has 1 atom stereocenters. The van der Waals surface area contributed by atoms with Gasteiger partial charge in [-0.3, -0.25) is 15.0 Å². The van der Waals surface area contributed by atoms with Crippen LogP contribution in [-0.2, 0) is 4.79 Å². The maximum atomic E-state index is 13.1. The van der Waals surface area contributed by atoms with E-state index >= 15 is 0 Å². The first kappa shape index (κ1) is 11.4. The molecule has 1 aliphatic heterocycles. The minimum Gasteiger partial charge on any atom is -0.299 e. The second-order valence-electron chi connectivity index (χ2n) is 3.77. The Morgan fingerprint density at radius 2 is 2.62 bits per heavy atom. The molecule has 1 aromatic heterocycles. The van der Waals surface area contributed by atoms with E-state index in [-0.39, 0.29) is 12.5 Å². The van der Waals surface area contributed by atoms with Gasteiger partial charge in [-0.15, -0.1) is 10.2 Å². The van der Waals surface area contributed by atoms with E-state index in [1.165, 1.54) is 11.3 Å². The number of alkyl halides is 1. The van der Waals surface area contributed by atoms with Crippen LogP contribution in [0, 0.1) is 0 Å². The fourth-order valence-corrected chi connectivity index (χ4v) is 2.19. The fourth-order valence-electron chi connectivity index (χ4n) is 1.73. The molecule has 7 heteroatoms. The number of hydrogen-bond donors (Lipinski definition) is 1. The van der Waals surface area contributed by atoms with E-state index < -0.39 is 6.17 Å². The van der Waals surface area contributed by atoms with Crippen molar-refractivity contribution in [2.45, 2.75) is 19.0 Å². The van der Waals surface area contributed by atoms with Crippen molar-refractivity contribution in [1.29, 1.82) is 0 Å². The van der Waals surface area contributed by atoms with Crippen LogP contribution in [0.1, 0.15) is 12.8 Å². The number of hydrogen-bond acceptors (Lipinski definition) is 5. The molecule has 1 unspecified atom stereocenters. The molecule has 16 heavy (non-hydrogen) atoms. The van der Waals surface area contributed by atoms with E-state index in [4.69, 9.17) is 0 Å². The lowest BCUT2D eigenvalue weighted by molar-refractivity contribution is -0.117. The van der Waals surface area contributed by atoms with Gasteiger partial charge < -0.3 is 0 Å². The van der Waals surface area contributed by atoms with Gasteiger partial charge in [-0.25, -0.2) is 4.39 Å². The Kier molecular flexibility index (Phi) is 3.79. The summed E-state index contributed by atoms with van der Waals surface area (Å²) in [6.45, 7) is 1.35. The van der Waals surface area contributed by atoms with Gasteiger partial charge in [0.2, 0.25) is 11.0 Å². The van der Waals surface area contributed by atoms with E-state index in [0.717, 1.165) is 13.0 Å². The summed E-state index contributed by atoms with van der Waals surface area (Å²) in [5.41, 5.74) is 1.55. The third kappa shape index (κ3) is 3.21. The highest BCUT2D eigenvalue weighted by Gasteiger charge is 2.21. The third-order valence-corrected chi connectivity index (χ3v) is 3.03. The number of carbonyl (C=O) groups is 1. The molecule has 1 N–H and O–H groups in total. The predicted octanol–water partition coefficient (Wildman–Crippen LogP) is 0.911. The molecule has 0 aromatic carbocycles. The molecule has 1 aliphatic rings. The quantitative estimate of drug-likeness (QED) is 0.858. The molecule has 0 aliphatic carbocycles. The zero-order valence-electron chi connectivity index (χ0n) is 8.73. The number of amides is 1. The highest BCUT2D eigenvalue weighted by atomic mass is 32.1. The van der Waals surface area contributed by atoms with E-state index in [1.807, 2.05) is 4.90 Å². The number of rotatable bonds is 3. The van der Waals surface area contributed by atoms with Gasteiger partial charge in [-0.1, -0.05) is 11.3 Å². The summed E-state index contributed by atoms with van der Waals surface area (Å²) in [5, 5.41) is 10.4. The molecule has 2 rings (SSSR count). The summed E-state index contributed by atoms with van der Waals surface area (Å²) in [7, 11) is 0. The monoisotopic (exact) mass is 244 g/mol. The van der Waals surface area contributed by atoms with Crippen molar-refractivity contribution in [2.75, 3.05) is 25.0 Å². The molecular formula is C9H13FN4OS. The van der Waals surface area contributed by atoms with Crippen LogP contribution in [0.25, 0.3) is 0 Å². The average Bonchev–Trinajstić information content (AvgIpc) is 2.70. The van der Waals surface area contributed by atoms with Gasteiger partial charge in [-0.2, -0.15) is 0 Å². The van der Waals surface area contributed by atoms with Gasteiger partial charge in [0.25, 0.3) is 0 Å². The van der Waals surface area contributed by atoms with Crippen LogP contribution in [0.2, 0.25) is 0 Å². The lowest BCUT2D eigenvalue weighted by atomic mass is 10.1. The molecule has 0 spiro atoms. The number of nitrogens with zero attached hydrogens (tertiary/aromatic N) is 3. The van der Waals surface area contributed by atoms with Crippen LogP contribution in [0.15, 0.2) is 5.51 Å². The van der Waals surface area contributed by atoms with Crippen molar-refractivity contribution < 1.29 is 9.18 Å². The summed E-state index contributed by atoms with van der Waals surface area (Å²) in [6.07, 6.45) is 0.616. The van der Waals surface area contributed by atoms with E-state index in [9.17, 15) is 9.18 Å². The van der Waals surface area contributed by atoms with Crippen LogP contribution in [0.4, 0.5) is 9.52 Å². The SMILES string of the molecule is O=C(CN1CCCC(F)C1)Nc1nncs1. The summed E-state index contributed by atoms with van der Waals surface area (Å²) in [6, 6.07) is 0. The maximum absolute atomic E-state index is 13.1. The Labute approximate surface area is 96.7 Å². The second kappa shape index (κ2) is 5.31. The molecule has 2 heterocycles. The van der Waals surface area contributed by atoms with Crippen LogP contribution >= 0.6 is 11.3 Å². The van der Waals surface area contributed by atoms with Crippen molar-refractivity contribution in [3.63, 3.8) is 0 Å². The highest BCUT2D eigenvalue weighted by molar-refractivity contribution is 7.13. The predicted molar refractivity (Wildman–Crippen MR) is 59.1 cm³/mol. The number of halogens is 1. The van der Waals surface area contributed by atoms with Crippen molar-refractivity contribution in [3.8, 4) is 0 Å². The molecular weight excluding hydrogens is 231 g/mol. The molecule has 1 fully saturated rings. The van der Waals surface area contributed by atoms with Crippen molar-refractivity contribution >= 4 is 22.4 Å². The van der Waals surface area contributed by atoms with Crippen molar-refractivity contribution in [3.05, 3.63) is 5.51 Å². The van der Waals surface area contributed by atoms with Gasteiger partial charge in [0.1, 0.15) is 11.7 Å². The minimum atomic E-state index is -0.803. The largest absolute Gasteiger partial charge is 0.299 e. The molecule has 0 radical (unpaired) electrons. The molecule has 88 valence electrons. The van der Waals surface area contributed by atoms with Crippen LogP contribution in [0.3, 0.4) is 0 Å². The van der Waals surface area contributed by atoms with Crippen LogP contribution in [-0.4, -0.2) is 46.8 Å². The summed E-state index contributed by atoms with van der Waals surface area (Å²) in [4.78, 5) is 13.4. The molecule has 5 nitrogen and oxygen atoms in total. The van der Waals surface area contributed by atoms with E-state index in [0.29, 0.717) is 18.1 Å². The summed E-state index contributed by atoms with van der Waals surface area (Å²) < 4.78 is 13.1. The van der Waals surface area contributed by atoms with Gasteiger partial charge in [-0.05, 0) is 19.4 Å². The number of likely N-dealkylation sites (tertiary alicyclic amines) is 1. The topological polar surface area (TPSA) is 58.1 Å². The number of nitrogens with one attached hydrogen (secondary N) is 1. The smallest absolute Gasteiger partial charge is 0.240 e. The third-order valence-electron chi connectivity index (χ3n) is 2.42. The lowest BCUT2D eigenvalue weighted by Gasteiger charge is -2.27. The first-order valence-corrected chi connectivity index (χ1v) is 6.04. The Bertz CT molecular complexity index is 345. The molecule has 1 saturated heterocycles. The van der Waals surface area contributed by atoms with Crippen LogP contribution in [0.5, 0.6) is 0 Å². The van der Waals surface area contributed by atoms with Gasteiger partial charge in [0.05, 0.1) is 6.54 Å². The first-order valence-electron chi connectivity index (χ1n) is 5.16. The highest BCUT2D eigenvalue weighted by Crippen LogP contribution is 2.13. The molecule has 1 amide bonds. The first-order chi connectivity index (χ1) is 7.74. The average molecular weight is 244 g/mol. The molecule has 0 saturated carbocycles. The normalized spacial score (nSPS) is 21.9.